The van der Waals surface area contributed by atoms with Crippen molar-refractivity contribution in [3.05, 3.63) is 18.0 Å². The molecular formula is C13H21BN2O2. The SMILES string of the molecule is [2H]c1nc([2H])c(C([2H])(C([2H])([2H])[2H])C([2H])([2H])[2H])nc1B1OC(C)(C)C(C)(C)O1. The van der Waals surface area contributed by atoms with Crippen LogP contribution in [0.5, 0.6) is 0 Å². The molecule has 1 saturated heterocycles. The van der Waals surface area contributed by atoms with Crippen molar-refractivity contribution in [2.45, 2.75) is 58.5 Å². The van der Waals surface area contributed by atoms with Crippen molar-refractivity contribution >= 4 is 12.7 Å². The molecule has 1 aliphatic heterocycles. The van der Waals surface area contributed by atoms with Crippen LogP contribution in [0.4, 0.5) is 0 Å². The molecule has 0 atom stereocenters. The van der Waals surface area contributed by atoms with Gasteiger partial charge < -0.3 is 9.31 Å². The summed E-state index contributed by atoms with van der Waals surface area (Å²) in [7, 11) is -1.22. The van der Waals surface area contributed by atoms with Crippen LogP contribution in [0.3, 0.4) is 0 Å². The molecule has 2 rings (SSSR count). The van der Waals surface area contributed by atoms with Crippen molar-refractivity contribution in [2.24, 2.45) is 0 Å². The van der Waals surface area contributed by atoms with Crippen LogP contribution in [-0.4, -0.2) is 28.3 Å². The normalized spacial score (nSPS) is 30.9. The van der Waals surface area contributed by atoms with E-state index in [1.807, 2.05) is 0 Å². The van der Waals surface area contributed by atoms with Crippen LogP contribution in [0, 0.1) is 0 Å². The first-order valence-corrected chi connectivity index (χ1v) is 5.56. The molecule has 4 nitrogen and oxygen atoms in total. The van der Waals surface area contributed by atoms with Gasteiger partial charge in [0.2, 0.25) is 0 Å². The van der Waals surface area contributed by atoms with Crippen LogP contribution in [0.1, 0.15) is 65.3 Å². The first-order valence-electron chi connectivity index (χ1n) is 10.1. The Morgan fingerprint density at radius 2 is 1.89 bits per heavy atom. The summed E-state index contributed by atoms with van der Waals surface area (Å²) in [6.07, 6.45) is -1.37. The third kappa shape index (κ3) is 2.29. The summed E-state index contributed by atoms with van der Waals surface area (Å²) in [5, 5.41) is 0. The Morgan fingerprint density at radius 3 is 2.44 bits per heavy atom. The molecule has 0 amide bonds. The fraction of sp³-hybridized carbons (Fsp3) is 0.692. The van der Waals surface area contributed by atoms with Gasteiger partial charge in [0.25, 0.3) is 0 Å². The first kappa shape index (κ1) is 6.01. The van der Waals surface area contributed by atoms with E-state index in [4.69, 9.17) is 21.6 Å². The second kappa shape index (κ2) is 4.32. The van der Waals surface area contributed by atoms with E-state index in [0.717, 1.165) is 0 Å². The number of aromatic nitrogens is 2. The Morgan fingerprint density at radius 1 is 1.28 bits per heavy atom. The Kier molecular flexibility index (Phi) is 1.44. The van der Waals surface area contributed by atoms with Gasteiger partial charge >= 0.3 is 7.12 Å². The third-order valence-corrected chi connectivity index (χ3v) is 3.28. The van der Waals surface area contributed by atoms with Crippen LogP contribution < -0.4 is 5.59 Å². The van der Waals surface area contributed by atoms with Crippen LogP contribution in [-0.2, 0) is 9.31 Å². The summed E-state index contributed by atoms with van der Waals surface area (Å²) in [5.41, 5.74) is -2.73. The molecule has 0 unspecified atom stereocenters. The molecule has 1 aromatic rings. The summed E-state index contributed by atoms with van der Waals surface area (Å²) < 4.78 is 80.9. The minimum Gasteiger partial charge on any atom is -0.398 e. The molecule has 0 radical (unpaired) electrons. The second-order valence-corrected chi connectivity index (χ2v) is 5.14. The molecule has 0 saturated carbocycles. The Balaban J connectivity index is 2.67. The van der Waals surface area contributed by atoms with E-state index in [2.05, 4.69) is 9.97 Å². The fourth-order valence-corrected chi connectivity index (χ4v) is 1.48. The molecule has 1 fully saturated rings. The molecule has 0 aromatic carbocycles. The predicted octanol–water partition coefficient (Wildman–Crippen LogP) is 1.90. The van der Waals surface area contributed by atoms with Crippen molar-refractivity contribution in [2.75, 3.05) is 0 Å². The molecule has 18 heavy (non-hydrogen) atoms. The lowest BCUT2D eigenvalue weighted by Gasteiger charge is -2.32. The highest BCUT2D eigenvalue weighted by molar-refractivity contribution is 6.61. The number of hydrogen-bond acceptors (Lipinski definition) is 4. The molecule has 1 aliphatic rings. The molecule has 0 N–H and O–H groups in total. The highest BCUT2D eigenvalue weighted by Crippen LogP contribution is 2.36. The molecule has 0 bridgehead atoms. The topological polar surface area (TPSA) is 44.2 Å². The molecule has 0 aliphatic carbocycles. The van der Waals surface area contributed by atoms with Crippen molar-refractivity contribution in [3.8, 4) is 0 Å². The molecule has 0 spiro atoms. The third-order valence-electron chi connectivity index (χ3n) is 3.28. The van der Waals surface area contributed by atoms with Crippen LogP contribution >= 0.6 is 0 Å². The standard InChI is InChI=1S/C13H21BN2O2/c1-9(2)10-7-15-8-11(16-10)14-17-12(3,4)13(5,6)18-14/h7-9H,1-6H3/i1D3,2D3,7D,8D,9D. The lowest BCUT2D eigenvalue weighted by atomic mass is 9.85. The molecule has 5 heteroatoms. The van der Waals surface area contributed by atoms with Crippen molar-refractivity contribution < 1.29 is 21.6 Å². The van der Waals surface area contributed by atoms with Gasteiger partial charge in [0.15, 0.2) is 0 Å². The zero-order valence-corrected chi connectivity index (χ0v) is 10.8. The largest absolute Gasteiger partial charge is 0.516 e. The van der Waals surface area contributed by atoms with Gasteiger partial charge in [0.05, 0.1) is 25.2 Å². The van der Waals surface area contributed by atoms with E-state index >= 15 is 0 Å². The summed E-state index contributed by atoms with van der Waals surface area (Å²) in [5.74, 6) is -3.20. The van der Waals surface area contributed by atoms with Crippen molar-refractivity contribution in [1.29, 1.82) is 0 Å². The van der Waals surface area contributed by atoms with Gasteiger partial charge in [-0.05, 0) is 33.6 Å². The zero-order chi connectivity index (χ0) is 21.2. The zero-order valence-electron chi connectivity index (χ0n) is 19.8. The number of hydrogen-bond donors (Lipinski definition) is 0. The minimum atomic E-state index is -3.32. The van der Waals surface area contributed by atoms with Gasteiger partial charge in [-0.1, -0.05) is 13.7 Å². The van der Waals surface area contributed by atoms with E-state index in [1.54, 1.807) is 27.7 Å². The van der Waals surface area contributed by atoms with Crippen LogP contribution in [0.15, 0.2) is 12.3 Å². The first-order chi connectivity index (χ1) is 11.8. The lowest BCUT2D eigenvalue weighted by Crippen LogP contribution is -2.41. The minimum absolute atomic E-state index is 0.273. The van der Waals surface area contributed by atoms with Gasteiger partial charge in [-0.15, -0.1) is 0 Å². The summed E-state index contributed by atoms with van der Waals surface area (Å²) in [6, 6.07) is 0. The van der Waals surface area contributed by atoms with Gasteiger partial charge in [-0.3, -0.25) is 9.97 Å². The Labute approximate surface area is 122 Å². The summed E-state index contributed by atoms with van der Waals surface area (Å²) in [4.78, 5) is 7.49. The lowest BCUT2D eigenvalue weighted by molar-refractivity contribution is 0.00578. The molecular weight excluding hydrogens is 227 g/mol. The maximum Gasteiger partial charge on any atom is 0.516 e. The number of nitrogens with zero attached hydrogens (tertiary/aromatic N) is 2. The summed E-state index contributed by atoms with van der Waals surface area (Å²) >= 11 is 0. The van der Waals surface area contributed by atoms with Gasteiger partial charge in [0.1, 0.15) is 0 Å². The highest BCUT2D eigenvalue weighted by atomic mass is 16.7. The van der Waals surface area contributed by atoms with Gasteiger partial charge in [-0.25, -0.2) is 0 Å². The van der Waals surface area contributed by atoms with E-state index in [0.29, 0.717) is 0 Å². The molecule has 2 heterocycles. The smallest absolute Gasteiger partial charge is 0.398 e. The van der Waals surface area contributed by atoms with E-state index in [-0.39, 0.29) is 5.59 Å². The van der Waals surface area contributed by atoms with E-state index in [9.17, 15) is 0 Å². The highest BCUT2D eigenvalue weighted by Gasteiger charge is 2.52. The second-order valence-electron chi connectivity index (χ2n) is 5.14. The average molecular weight is 257 g/mol. The molecule has 1 aromatic heterocycles. The van der Waals surface area contributed by atoms with Crippen molar-refractivity contribution in [1.82, 2.24) is 9.97 Å². The summed E-state index contributed by atoms with van der Waals surface area (Å²) in [6.45, 7) is 0.374. The number of rotatable bonds is 2. The van der Waals surface area contributed by atoms with Crippen molar-refractivity contribution in [3.63, 3.8) is 0 Å². The van der Waals surface area contributed by atoms with Crippen LogP contribution in [0.25, 0.3) is 0 Å². The maximum atomic E-state index is 8.21. The Hall–Kier alpha value is -0.935. The van der Waals surface area contributed by atoms with E-state index < -0.39 is 56.0 Å². The molecule has 98 valence electrons. The van der Waals surface area contributed by atoms with Gasteiger partial charge in [0, 0.05) is 21.9 Å². The van der Waals surface area contributed by atoms with Crippen LogP contribution in [0.2, 0.25) is 0 Å². The maximum absolute atomic E-state index is 8.21. The Bertz CT molecular complexity index is 719. The monoisotopic (exact) mass is 257 g/mol. The predicted molar refractivity (Wildman–Crippen MR) is 71.8 cm³/mol. The fourth-order valence-electron chi connectivity index (χ4n) is 1.48. The average Bonchev–Trinajstić information content (AvgIpc) is 2.63. The quantitative estimate of drug-likeness (QED) is 0.759. The van der Waals surface area contributed by atoms with E-state index in [1.165, 1.54) is 0 Å². The van der Waals surface area contributed by atoms with Gasteiger partial charge in [-0.2, -0.15) is 0 Å².